The van der Waals surface area contributed by atoms with Crippen molar-refractivity contribution in [1.82, 2.24) is 10.5 Å². The summed E-state index contributed by atoms with van der Waals surface area (Å²) in [6.07, 6.45) is 2.68. The highest BCUT2D eigenvalue weighted by Gasteiger charge is 2.35. The molecule has 102 valence electrons. The van der Waals surface area contributed by atoms with E-state index in [1.807, 2.05) is 13.8 Å². The van der Waals surface area contributed by atoms with Crippen LogP contribution in [-0.2, 0) is 22.4 Å². The van der Waals surface area contributed by atoms with Crippen LogP contribution >= 0.6 is 0 Å². The molecule has 2 atom stereocenters. The number of nitrogens with zero attached hydrogens (tertiary/aromatic N) is 1. The molecule has 0 unspecified atom stereocenters. The number of rotatable bonds is 5. The second-order valence-corrected chi connectivity index (χ2v) is 5.18. The lowest BCUT2D eigenvalue weighted by molar-refractivity contribution is -0.141. The highest BCUT2D eigenvalue weighted by atomic mass is 16.7. The molecule has 1 N–H and O–H groups in total. The molecular weight excluding hydrogens is 232 g/mol. The van der Waals surface area contributed by atoms with Crippen molar-refractivity contribution in [3.63, 3.8) is 0 Å². The number of hydrogen-bond acceptors (Lipinski definition) is 5. The third kappa shape index (κ3) is 3.10. The summed E-state index contributed by atoms with van der Waals surface area (Å²) in [5.41, 5.74) is 2.13. The Morgan fingerprint density at radius 1 is 1.56 bits per heavy atom. The van der Waals surface area contributed by atoms with Gasteiger partial charge in [0.05, 0.1) is 18.4 Å². The minimum Gasteiger partial charge on any atom is -0.364 e. The molecule has 1 fully saturated rings. The molecule has 2 heterocycles. The van der Waals surface area contributed by atoms with Gasteiger partial charge in [-0.1, -0.05) is 12.1 Å². The van der Waals surface area contributed by atoms with Crippen LogP contribution < -0.4 is 5.32 Å². The maximum atomic E-state index is 5.81. The zero-order valence-electron chi connectivity index (χ0n) is 11.5. The molecule has 1 aromatic heterocycles. The summed E-state index contributed by atoms with van der Waals surface area (Å²) in [5.74, 6) is -0.466. The zero-order valence-corrected chi connectivity index (χ0v) is 11.5. The average Bonchev–Trinajstić information content (AvgIpc) is 2.91. The molecule has 5 nitrogen and oxygen atoms in total. The van der Waals surface area contributed by atoms with E-state index < -0.39 is 5.79 Å². The van der Waals surface area contributed by atoms with Gasteiger partial charge < -0.3 is 19.3 Å². The van der Waals surface area contributed by atoms with Gasteiger partial charge in [0.2, 0.25) is 0 Å². The van der Waals surface area contributed by atoms with Gasteiger partial charge in [-0.15, -0.1) is 0 Å². The fourth-order valence-corrected chi connectivity index (χ4v) is 2.08. The largest absolute Gasteiger partial charge is 0.364 e. The smallest absolute Gasteiger partial charge is 0.163 e. The second-order valence-electron chi connectivity index (χ2n) is 5.18. The van der Waals surface area contributed by atoms with E-state index in [0.717, 1.165) is 24.2 Å². The molecule has 0 aromatic carbocycles. The molecule has 0 bridgehead atoms. The summed E-state index contributed by atoms with van der Waals surface area (Å²) in [4.78, 5) is 0. The van der Waals surface area contributed by atoms with Crippen molar-refractivity contribution in [2.45, 2.75) is 58.6 Å². The summed E-state index contributed by atoms with van der Waals surface area (Å²) >= 11 is 0. The lowest BCUT2D eigenvalue weighted by atomic mass is 10.1. The first-order valence-electron chi connectivity index (χ1n) is 6.49. The normalized spacial score (nSPS) is 24.3. The minimum atomic E-state index is -0.466. The Hall–Kier alpha value is -0.910. The molecule has 1 aromatic rings. The van der Waals surface area contributed by atoms with E-state index in [9.17, 15) is 0 Å². The van der Waals surface area contributed by atoms with Gasteiger partial charge in [-0.25, -0.2) is 0 Å². The van der Waals surface area contributed by atoms with Gasteiger partial charge in [-0.05, 0) is 27.2 Å². The van der Waals surface area contributed by atoms with E-state index in [2.05, 4.69) is 24.3 Å². The summed E-state index contributed by atoms with van der Waals surface area (Å²) in [7, 11) is 0. The summed E-state index contributed by atoms with van der Waals surface area (Å²) < 4.78 is 16.4. The molecule has 0 amide bonds. The van der Waals surface area contributed by atoms with Gasteiger partial charge in [-0.3, -0.25) is 0 Å². The van der Waals surface area contributed by atoms with Gasteiger partial charge in [0.1, 0.15) is 6.26 Å². The molecule has 0 saturated carbocycles. The summed E-state index contributed by atoms with van der Waals surface area (Å²) in [6, 6.07) is 0.228. The van der Waals surface area contributed by atoms with Crippen LogP contribution in [0.4, 0.5) is 0 Å². The Bertz CT molecular complexity index is 389. The predicted molar refractivity (Wildman–Crippen MR) is 67.1 cm³/mol. The van der Waals surface area contributed by atoms with Gasteiger partial charge in [-0.2, -0.15) is 0 Å². The molecular formula is C13H22N2O3. The van der Waals surface area contributed by atoms with Gasteiger partial charge in [0, 0.05) is 18.2 Å². The lowest BCUT2D eigenvalue weighted by Crippen LogP contribution is -2.39. The quantitative estimate of drug-likeness (QED) is 0.869. The first kappa shape index (κ1) is 13.5. The number of hydrogen-bond donors (Lipinski definition) is 1. The van der Waals surface area contributed by atoms with Gasteiger partial charge in [0.25, 0.3) is 0 Å². The monoisotopic (exact) mass is 254 g/mol. The highest BCUT2D eigenvalue weighted by molar-refractivity contribution is 5.14. The summed E-state index contributed by atoms with van der Waals surface area (Å²) in [6.45, 7) is 9.43. The molecule has 0 radical (unpaired) electrons. The van der Waals surface area contributed by atoms with Crippen molar-refractivity contribution < 1.29 is 14.0 Å². The van der Waals surface area contributed by atoms with E-state index >= 15 is 0 Å². The minimum absolute atomic E-state index is 0.0879. The van der Waals surface area contributed by atoms with Crippen LogP contribution in [0, 0.1) is 0 Å². The summed E-state index contributed by atoms with van der Waals surface area (Å²) in [5, 5.41) is 7.40. The molecule has 18 heavy (non-hydrogen) atoms. The maximum absolute atomic E-state index is 5.81. The molecule has 2 rings (SSSR count). The first-order chi connectivity index (χ1) is 8.52. The van der Waals surface area contributed by atoms with Crippen molar-refractivity contribution >= 4 is 0 Å². The number of nitrogens with one attached hydrogen (secondary N) is 1. The van der Waals surface area contributed by atoms with Crippen molar-refractivity contribution in [2.75, 3.05) is 6.61 Å². The Kier molecular flexibility index (Phi) is 4.04. The van der Waals surface area contributed by atoms with E-state index in [4.69, 9.17) is 14.0 Å². The van der Waals surface area contributed by atoms with Crippen molar-refractivity contribution in [1.29, 1.82) is 0 Å². The van der Waals surface area contributed by atoms with Crippen molar-refractivity contribution in [3.05, 3.63) is 17.5 Å². The fraction of sp³-hybridized carbons (Fsp3) is 0.769. The SMILES string of the molecule is CCc1nocc1CN[C@@H](C)[C@H]1COC(C)(C)O1. The van der Waals surface area contributed by atoms with Crippen LogP contribution in [0.5, 0.6) is 0 Å². The Morgan fingerprint density at radius 3 is 2.94 bits per heavy atom. The third-order valence-electron chi connectivity index (χ3n) is 3.27. The van der Waals surface area contributed by atoms with Crippen LogP contribution in [0.3, 0.4) is 0 Å². The lowest BCUT2D eigenvalue weighted by Gasteiger charge is -2.22. The van der Waals surface area contributed by atoms with E-state index in [0.29, 0.717) is 6.61 Å². The van der Waals surface area contributed by atoms with E-state index in [1.165, 1.54) is 0 Å². The highest BCUT2D eigenvalue weighted by Crippen LogP contribution is 2.24. The number of ether oxygens (including phenoxy) is 2. The molecule has 1 aliphatic rings. The van der Waals surface area contributed by atoms with E-state index in [-0.39, 0.29) is 12.1 Å². The fourth-order valence-electron chi connectivity index (χ4n) is 2.08. The second kappa shape index (κ2) is 5.38. The molecule has 1 saturated heterocycles. The third-order valence-corrected chi connectivity index (χ3v) is 3.27. The van der Waals surface area contributed by atoms with Crippen LogP contribution in [0.2, 0.25) is 0 Å². The van der Waals surface area contributed by atoms with Gasteiger partial charge in [0.15, 0.2) is 5.79 Å². The molecule has 0 aliphatic carbocycles. The van der Waals surface area contributed by atoms with Crippen molar-refractivity contribution in [2.24, 2.45) is 0 Å². The standard InChI is InChI=1S/C13H22N2O3/c1-5-11-10(7-17-15-11)6-14-9(2)12-8-16-13(3,4)18-12/h7,9,12,14H,5-6,8H2,1-4H3/t9-,12+/m0/s1. The Labute approximate surface area is 108 Å². The molecule has 0 spiro atoms. The maximum Gasteiger partial charge on any atom is 0.163 e. The van der Waals surface area contributed by atoms with E-state index in [1.54, 1.807) is 6.26 Å². The number of aromatic nitrogens is 1. The van der Waals surface area contributed by atoms with Crippen LogP contribution in [0.25, 0.3) is 0 Å². The Morgan fingerprint density at radius 2 is 2.33 bits per heavy atom. The topological polar surface area (TPSA) is 56.5 Å². The van der Waals surface area contributed by atoms with Crippen LogP contribution in [0.15, 0.2) is 10.8 Å². The van der Waals surface area contributed by atoms with Crippen LogP contribution in [0.1, 0.15) is 39.0 Å². The van der Waals surface area contributed by atoms with Crippen LogP contribution in [-0.4, -0.2) is 29.7 Å². The van der Waals surface area contributed by atoms with Crippen molar-refractivity contribution in [3.8, 4) is 0 Å². The molecule has 1 aliphatic heterocycles. The van der Waals surface area contributed by atoms with Gasteiger partial charge >= 0.3 is 0 Å². The predicted octanol–water partition coefficient (Wildman–Crippen LogP) is 1.87. The first-order valence-corrected chi connectivity index (χ1v) is 6.49. The molecule has 5 heteroatoms. The Balaban J connectivity index is 1.84. The zero-order chi connectivity index (χ0) is 13.2. The average molecular weight is 254 g/mol. The number of aryl methyl sites for hydroxylation is 1.